The quantitative estimate of drug-likeness (QED) is 0.652. The van der Waals surface area contributed by atoms with Crippen LogP contribution in [0.5, 0.6) is 11.5 Å². The Bertz CT molecular complexity index is 615. The molecule has 0 saturated carbocycles. The summed E-state index contributed by atoms with van der Waals surface area (Å²) in [5.74, 6) is 0.746. The van der Waals surface area contributed by atoms with Crippen LogP contribution in [0.3, 0.4) is 0 Å². The highest BCUT2D eigenvalue weighted by Crippen LogP contribution is 2.15. The number of rotatable bonds is 5. The number of amides is 1. The molecule has 0 atom stereocenters. The van der Waals surface area contributed by atoms with E-state index in [-0.39, 0.29) is 11.7 Å². The van der Waals surface area contributed by atoms with Crippen molar-refractivity contribution in [1.29, 1.82) is 0 Å². The van der Waals surface area contributed by atoms with Gasteiger partial charge in [-0.15, -0.1) is 0 Å². The zero-order valence-corrected chi connectivity index (χ0v) is 11.7. The number of ether oxygens (including phenoxy) is 1. The number of anilines is 1. The number of hydrogen-bond acceptors (Lipinski definition) is 3. The summed E-state index contributed by atoms with van der Waals surface area (Å²) < 4.78 is 5.35. The van der Waals surface area contributed by atoms with Gasteiger partial charge in [0.2, 0.25) is 5.91 Å². The van der Waals surface area contributed by atoms with E-state index in [9.17, 15) is 4.79 Å². The highest BCUT2D eigenvalue weighted by atomic mass is 16.5. The Kier molecular flexibility index (Phi) is 4.99. The molecule has 0 aliphatic heterocycles. The molecule has 2 N–H and O–H groups in total. The summed E-state index contributed by atoms with van der Waals surface area (Å²) in [5, 5.41) is 11.9. The van der Waals surface area contributed by atoms with Crippen molar-refractivity contribution in [3.05, 3.63) is 60.2 Å². The smallest absolute Gasteiger partial charge is 0.248 e. The molecular weight excluding hydrogens is 266 g/mol. The molecular formula is C17H17NO3. The highest BCUT2D eigenvalue weighted by Gasteiger charge is 1.98. The van der Waals surface area contributed by atoms with Crippen LogP contribution in [0.25, 0.3) is 6.08 Å². The van der Waals surface area contributed by atoms with Gasteiger partial charge in [0, 0.05) is 11.8 Å². The molecule has 4 heteroatoms. The molecule has 2 aromatic carbocycles. The molecule has 0 saturated heterocycles. The standard InChI is InChI=1S/C17H17NO3/c1-2-21-16-10-3-13(4-11-16)5-12-17(20)18-14-6-8-15(19)9-7-14/h3-12,19H,2H2,1H3,(H,18,20). The van der Waals surface area contributed by atoms with E-state index in [1.54, 1.807) is 18.2 Å². The minimum Gasteiger partial charge on any atom is -0.508 e. The van der Waals surface area contributed by atoms with Gasteiger partial charge >= 0.3 is 0 Å². The molecule has 4 nitrogen and oxygen atoms in total. The molecule has 2 rings (SSSR count). The van der Waals surface area contributed by atoms with Crippen molar-refractivity contribution in [2.24, 2.45) is 0 Å². The number of benzene rings is 2. The van der Waals surface area contributed by atoms with Crippen LogP contribution in [-0.4, -0.2) is 17.6 Å². The third-order valence-corrected chi connectivity index (χ3v) is 2.75. The molecule has 0 aromatic heterocycles. The van der Waals surface area contributed by atoms with E-state index in [4.69, 9.17) is 9.84 Å². The summed E-state index contributed by atoms with van der Waals surface area (Å²) in [6.45, 7) is 2.56. The Labute approximate surface area is 123 Å². The second kappa shape index (κ2) is 7.14. The maximum Gasteiger partial charge on any atom is 0.248 e. The van der Waals surface area contributed by atoms with Crippen LogP contribution in [0.4, 0.5) is 5.69 Å². The molecule has 108 valence electrons. The summed E-state index contributed by atoms with van der Waals surface area (Å²) >= 11 is 0. The number of phenols is 1. The second-order valence-electron chi connectivity index (χ2n) is 4.37. The monoisotopic (exact) mass is 283 g/mol. The topological polar surface area (TPSA) is 58.6 Å². The van der Waals surface area contributed by atoms with Gasteiger partial charge < -0.3 is 15.2 Å². The summed E-state index contributed by atoms with van der Waals surface area (Å²) in [6, 6.07) is 13.8. The number of carbonyl (C=O) groups is 1. The zero-order chi connectivity index (χ0) is 15.1. The molecule has 0 aliphatic rings. The number of carbonyl (C=O) groups excluding carboxylic acids is 1. The SMILES string of the molecule is CCOc1ccc(C=CC(=O)Nc2ccc(O)cc2)cc1. The van der Waals surface area contributed by atoms with Crippen molar-refractivity contribution < 1.29 is 14.6 Å². The van der Waals surface area contributed by atoms with Crippen molar-refractivity contribution >= 4 is 17.7 Å². The molecule has 0 fully saturated rings. The molecule has 0 spiro atoms. The third-order valence-electron chi connectivity index (χ3n) is 2.75. The van der Waals surface area contributed by atoms with Gasteiger partial charge in [-0.3, -0.25) is 4.79 Å². The van der Waals surface area contributed by atoms with Crippen molar-refractivity contribution in [3.8, 4) is 11.5 Å². The fourth-order valence-electron chi connectivity index (χ4n) is 1.74. The molecule has 1 amide bonds. The third kappa shape index (κ3) is 4.69. The summed E-state index contributed by atoms with van der Waals surface area (Å²) in [5.41, 5.74) is 1.55. The molecule has 0 bridgehead atoms. The Morgan fingerprint density at radius 1 is 1.14 bits per heavy atom. The van der Waals surface area contributed by atoms with E-state index in [1.165, 1.54) is 18.2 Å². The predicted octanol–water partition coefficient (Wildman–Crippen LogP) is 3.44. The number of nitrogens with one attached hydrogen (secondary N) is 1. The van der Waals surface area contributed by atoms with E-state index in [0.29, 0.717) is 12.3 Å². The van der Waals surface area contributed by atoms with Crippen molar-refractivity contribution in [2.75, 3.05) is 11.9 Å². The average molecular weight is 283 g/mol. The van der Waals surface area contributed by atoms with Gasteiger partial charge in [0.05, 0.1) is 6.61 Å². The van der Waals surface area contributed by atoms with Crippen molar-refractivity contribution in [1.82, 2.24) is 0 Å². The molecule has 0 heterocycles. The Balaban J connectivity index is 1.93. The number of aromatic hydroxyl groups is 1. The van der Waals surface area contributed by atoms with Gasteiger partial charge in [0.25, 0.3) is 0 Å². The predicted molar refractivity (Wildman–Crippen MR) is 83.4 cm³/mol. The highest BCUT2D eigenvalue weighted by molar-refractivity contribution is 6.01. The van der Waals surface area contributed by atoms with Gasteiger partial charge in [-0.1, -0.05) is 12.1 Å². The molecule has 0 aliphatic carbocycles. The van der Waals surface area contributed by atoms with Crippen LogP contribution < -0.4 is 10.1 Å². The Morgan fingerprint density at radius 3 is 2.43 bits per heavy atom. The summed E-state index contributed by atoms with van der Waals surface area (Å²) in [7, 11) is 0. The van der Waals surface area contributed by atoms with E-state index in [1.807, 2.05) is 31.2 Å². The zero-order valence-electron chi connectivity index (χ0n) is 11.7. The lowest BCUT2D eigenvalue weighted by Gasteiger charge is -2.03. The second-order valence-corrected chi connectivity index (χ2v) is 4.37. The normalized spacial score (nSPS) is 10.5. The minimum atomic E-state index is -0.227. The van der Waals surface area contributed by atoms with E-state index in [0.717, 1.165) is 11.3 Å². The first-order valence-corrected chi connectivity index (χ1v) is 6.68. The van der Waals surface area contributed by atoms with E-state index < -0.39 is 0 Å². The lowest BCUT2D eigenvalue weighted by Crippen LogP contribution is -2.07. The number of phenolic OH excluding ortho intramolecular Hbond substituents is 1. The largest absolute Gasteiger partial charge is 0.508 e. The maximum absolute atomic E-state index is 11.8. The molecule has 21 heavy (non-hydrogen) atoms. The summed E-state index contributed by atoms with van der Waals surface area (Å²) in [4.78, 5) is 11.8. The van der Waals surface area contributed by atoms with Crippen molar-refractivity contribution in [2.45, 2.75) is 6.92 Å². The van der Waals surface area contributed by atoms with Crippen LogP contribution >= 0.6 is 0 Å². The maximum atomic E-state index is 11.8. The van der Waals surface area contributed by atoms with Gasteiger partial charge in [0.15, 0.2) is 0 Å². The van der Waals surface area contributed by atoms with E-state index in [2.05, 4.69) is 5.32 Å². The minimum absolute atomic E-state index is 0.165. The average Bonchev–Trinajstić information content (AvgIpc) is 2.49. The van der Waals surface area contributed by atoms with Crippen LogP contribution in [0, 0.1) is 0 Å². The van der Waals surface area contributed by atoms with E-state index >= 15 is 0 Å². The lowest BCUT2D eigenvalue weighted by atomic mass is 10.2. The molecule has 2 aromatic rings. The van der Waals surface area contributed by atoms with Gasteiger partial charge in [-0.25, -0.2) is 0 Å². The fourth-order valence-corrected chi connectivity index (χ4v) is 1.74. The molecule has 0 radical (unpaired) electrons. The van der Waals surface area contributed by atoms with Crippen molar-refractivity contribution in [3.63, 3.8) is 0 Å². The molecule has 0 unspecified atom stereocenters. The van der Waals surface area contributed by atoms with Crippen LogP contribution in [-0.2, 0) is 4.79 Å². The number of hydrogen-bond donors (Lipinski definition) is 2. The fraction of sp³-hybridized carbons (Fsp3) is 0.118. The van der Waals surface area contributed by atoms with Crippen LogP contribution in [0.15, 0.2) is 54.6 Å². The Hall–Kier alpha value is -2.75. The first-order chi connectivity index (χ1) is 10.2. The van der Waals surface area contributed by atoms with Gasteiger partial charge in [-0.05, 0) is 55.0 Å². The summed E-state index contributed by atoms with van der Waals surface area (Å²) in [6.07, 6.45) is 3.19. The first-order valence-electron chi connectivity index (χ1n) is 6.68. The Morgan fingerprint density at radius 2 is 1.81 bits per heavy atom. The lowest BCUT2D eigenvalue weighted by molar-refractivity contribution is -0.111. The van der Waals surface area contributed by atoms with Gasteiger partial charge in [-0.2, -0.15) is 0 Å². The van der Waals surface area contributed by atoms with Crippen LogP contribution in [0.1, 0.15) is 12.5 Å². The van der Waals surface area contributed by atoms with Gasteiger partial charge in [0.1, 0.15) is 11.5 Å². The first kappa shape index (κ1) is 14.7. The van der Waals surface area contributed by atoms with Crippen LogP contribution in [0.2, 0.25) is 0 Å².